The van der Waals surface area contributed by atoms with Crippen molar-refractivity contribution in [1.29, 1.82) is 0 Å². The van der Waals surface area contributed by atoms with Crippen molar-refractivity contribution >= 4 is 11.6 Å². The monoisotopic (exact) mass is 265 g/mol. The Labute approximate surface area is 110 Å². The minimum atomic E-state index is -0.277. The van der Waals surface area contributed by atoms with Crippen LogP contribution in [0.1, 0.15) is 16.8 Å². The summed E-state index contributed by atoms with van der Waals surface area (Å²) in [5.41, 5.74) is 2.87. The first-order valence-corrected chi connectivity index (χ1v) is 6.30. The third-order valence-corrected chi connectivity index (χ3v) is 3.61. The Morgan fingerprint density at radius 1 is 1.44 bits per heavy atom. The lowest BCUT2D eigenvalue weighted by Gasteiger charge is -2.15. The van der Waals surface area contributed by atoms with E-state index in [1.807, 2.05) is 10.9 Å². The molecule has 1 aliphatic heterocycles. The molecule has 0 amide bonds. The Hall–Kier alpha value is -1.39. The summed E-state index contributed by atoms with van der Waals surface area (Å²) in [7, 11) is 0. The third-order valence-electron chi connectivity index (χ3n) is 3.26. The van der Waals surface area contributed by atoms with Gasteiger partial charge in [-0.15, -0.1) is 0 Å². The summed E-state index contributed by atoms with van der Waals surface area (Å²) in [5.74, 6) is -0.277. The maximum absolute atomic E-state index is 13.7. The number of fused-ring (bicyclic) bond motifs is 1. The molecule has 0 spiro atoms. The maximum Gasteiger partial charge on any atom is 0.129 e. The Balaban J connectivity index is 1.95. The lowest BCUT2D eigenvalue weighted by Crippen LogP contribution is -2.25. The molecule has 1 aromatic heterocycles. The number of rotatable bonds is 2. The van der Waals surface area contributed by atoms with Crippen LogP contribution in [0.25, 0.3) is 0 Å². The van der Waals surface area contributed by atoms with E-state index in [0.29, 0.717) is 17.1 Å². The van der Waals surface area contributed by atoms with Gasteiger partial charge in [0.05, 0.1) is 12.7 Å². The average Bonchev–Trinajstić information content (AvgIpc) is 2.77. The van der Waals surface area contributed by atoms with E-state index in [4.69, 9.17) is 11.6 Å². The smallest absolute Gasteiger partial charge is 0.129 e. The molecular weight excluding hydrogens is 253 g/mol. The van der Waals surface area contributed by atoms with E-state index in [0.717, 1.165) is 19.5 Å². The SMILES string of the molecule is Fc1cccc(Cl)c1Cn1ncc2c1CCNC2. The first kappa shape index (κ1) is 11.7. The van der Waals surface area contributed by atoms with Crippen LogP contribution in [-0.4, -0.2) is 16.3 Å². The molecule has 1 aliphatic rings. The normalized spacial score (nSPS) is 14.6. The van der Waals surface area contributed by atoms with Crippen molar-refractivity contribution in [3.8, 4) is 0 Å². The van der Waals surface area contributed by atoms with Gasteiger partial charge in [-0.1, -0.05) is 17.7 Å². The number of benzene rings is 1. The van der Waals surface area contributed by atoms with Crippen molar-refractivity contribution in [3.63, 3.8) is 0 Å². The predicted octanol–water partition coefficient (Wildman–Crippen LogP) is 2.37. The summed E-state index contributed by atoms with van der Waals surface area (Å²) in [4.78, 5) is 0. The van der Waals surface area contributed by atoms with Crippen molar-refractivity contribution in [3.05, 3.63) is 52.1 Å². The summed E-state index contributed by atoms with van der Waals surface area (Å²) in [6.45, 7) is 2.16. The predicted molar refractivity (Wildman–Crippen MR) is 68.1 cm³/mol. The molecule has 5 heteroatoms. The molecule has 0 atom stereocenters. The molecule has 0 unspecified atom stereocenters. The minimum Gasteiger partial charge on any atom is -0.312 e. The van der Waals surface area contributed by atoms with Crippen molar-refractivity contribution in [2.45, 2.75) is 19.5 Å². The van der Waals surface area contributed by atoms with Crippen molar-refractivity contribution in [2.24, 2.45) is 0 Å². The number of hydrogen-bond donors (Lipinski definition) is 1. The van der Waals surface area contributed by atoms with Gasteiger partial charge in [0.2, 0.25) is 0 Å². The van der Waals surface area contributed by atoms with Gasteiger partial charge >= 0.3 is 0 Å². The quantitative estimate of drug-likeness (QED) is 0.904. The zero-order chi connectivity index (χ0) is 12.5. The molecule has 94 valence electrons. The Kier molecular flexibility index (Phi) is 3.06. The number of nitrogens with one attached hydrogen (secondary N) is 1. The van der Waals surface area contributed by atoms with Crippen LogP contribution in [0.3, 0.4) is 0 Å². The molecule has 3 rings (SSSR count). The van der Waals surface area contributed by atoms with E-state index in [-0.39, 0.29) is 5.82 Å². The van der Waals surface area contributed by atoms with E-state index >= 15 is 0 Å². The van der Waals surface area contributed by atoms with Gasteiger partial charge in [0.15, 0.2) is 0 Å². The molecule has 18 heavy (non-hydrogen) atoms. The molecule has 0 saturated heterocycles. The number of halogens is 2. The first-order chi connectivity index (χ1) is 8.75. The van der Waals surface area contributed by atoms with Gasteiger partial charge < -0.3 is 5.32 Å². The molecule has 0 saturated carbocycles. The molecule has 0 bridgehead atoms. The van der Waals surface area contributed by atoms with Crippen molar-refractivity contribution in [1.82, 2.24) is 15.1 Å². The molecule has 3 nitrogen and oxygen atoms in total. The molecule has 0 aliphatic carbocycles. The van der Waals surface area contributed by atoms with Gasteiger partial charge in [0.25, 0.3) is 0 Å². The molecule has 0 radical (unpaired) electrons. The molecule has 2 aromatic rings. The van der Waals surface area contributed by atoms with Crippen LogP contribution in [0.2, 0.25) is 5.02 Å². The molecular formula is C13H13ClFN3. The topological polar surface area (TPSA) is 29.9 Å². The van der Waals surface area contributed by atoms with Crippen molar-refractivity contribution in [2.75, 3.05) is 6.54 Å². The van der Waals surface area contributed by atoms with Gasteiger partial charge in [-0.25, -0.2) is 4.39 Å². The van der Waals surface area contributed by atoms with Crippen LogP contribution < -0.4 is 5.32 Å². The van der Waals surface area contributed by atoms with Gasteiger partial charge in [-0.05, 0) is 12.1 Å². The van der Waals surface area contributed by atoms with Crippen LogP contribution in [-0.2, 0) is 19.5 Å². The largest absolute Gasteiger partial charge is 0.312 e. The van der Waals surface area contributed by atoms with E-state index in [2.05, 4.69) is 10.4 Å². The van der Waals surface area contributed by atoms with E-state index in [1.165, 1.54) is 17.3 Å². The maximum atomic E-state index is 13.7. The second-order valence-electron chi connectivity index (χ2n) is 4.40. The summed E-state index contributed by atoms with van der Waals surface area (Å²) in [6.07, 6.45) is 2.76. The summed E-state index contributed by atoms with van der Waals surface area (Å²) < 4.78 is 15.6. The minimum absolute atomic E-state index is 0.277. The second kappa shape index (κ2) is 4.71. The van der Waals surface area contributed by atoms with Crippen molar-refractivity contribution < 1.29 is 4.39 Å². The van der Waals surface area contributed by atoms with E-state index < -0.39 is 0 Å². The number of nitrogens with zero attached hydrogens (tertiary/aromatic N) is 2. The van der Waals surface area contributed by atoms with Crippen LogP contribution >= 0.6 is 11.6 Å². The molecule has 2 heterocycles. The van der Waals surface area contributed by atoms with Gasteiger partial charge in [-0.3, -0.25) is 4.68 Å². The zero-order valence-electron chi connectivity index (χ0n) is 9.79. The fourth-order valence-electron chi connectivity index (χ4n) is 2.29. The van der Waals surface area contributed by atoms with Gasteiger partial charge in [-0.2, -0.15) is 5.10 Å². The summed E-state index contributed by atoms with van der Waals surface area (Å²) >= 11 is 6.04. The average molecular weight is 266 g/mol. The molecule has 1 N–H and O–H groups in total. The third kappa shape index (κ3) is 2.02. The number of hydrogen-bond acceptors (Lipinski definition) is 2. The fourth-order valence-corrected chi connectivity index (χ4v) is 2.51. The standard InChI is InChI=1S/C13H13ClFN3/c14-11-2-1-3-12(15)10(11)8-18-13-4-5-16-6-9(13)7-17-18/h1-3,7,16H,4-6,8H2. The Morgan fingerprint density at radius 3 is 3.17 bits per heavy atom. The molecule has 1 aromatic carbocycles. The lowest BCUT2D eigenvalue weighted by molar-refractivity contribution is 0.556. The van der Waals surface area contributed by atoms with Crippen LogP contribution in [0.15, 0.2) is 24.4 Å². The summed E-state index contributed by atoms with van der Waals surface area (Å²) in [5, 5.41) is 8.07. The highest BCUT2D eigenvalue weighted by Gasteiger charge is 2.16. The van der Waals surface area contributed by atoms with Gasteiger partial charge in [0.1, 0.15) is 5.82 Å². The molecule has 0 fully saturated rings. The Bertz CT molecular complexity index is 559. The highest BCUT2D eigenvalue weighted by molar-refractivity contribution is 6.31. The highest BCUT2D eigenvalue weighted by Crippen LogP contribution is 2.22. The van der Waals surface area contributed by atoms with E-state index in [9.17, 15) is 4.39 Å². The first-order valence-electron chi connectivity index (χ1n) is 5.93. The highest BCUT2D eigenvalue weighted by atomic mass is 35.5. The second-order valence-corrected chi connectivity index (χ2v) is 4.81. The number of aromatic nitrogens is 2. The van der Waals surface area contributed by atoms with E-state index in [1.54, 1.807) is 12.1 Å². The van der Waals surface area contributed by atoms with Gasteiger partial charge in [0, 0.05) is 41.4 Å². The zero-order valence-corrected chi connectivity index (χ0v) is 10.5. The van der Waals surface area contributed by atoms with Crippen LogP contribution in [0.4, 0.5) is 4.39 Å². The van der Waals surface area contributed by atoms with Crippen LogP contribution in [0.5, 0.6) is 0 Å². The van der Waals surface area contributed by atoms with Crippen LogP contribution in [0, 0.1) is 5.82 Å². The fraction of sp³-hybridized carbons (Fsp3) is 0.308. The lowest BCUT2D eigenvalue weighted by atomic mass is 10.1. The summed E-state index contributed by atoms with van der Waals surface area (Å²) in [6, 6.07) is 4.75. The Morgan fingerprint density at radius 2 is 2.33 bits per heavy atom.